The molecule has 6 atom stereocenters. The molecule has 4 unspecified atom stereocenters. The van der Waals surface area contributed by atoms with Crippen molar-refractivity contribution < 1.29 is 28.7 Å². The number of hydrogen-bond acceptors (Lipinski definition) is 8. The zero-order valence-corrected chi connectivity index (χ0v) is 28.9. The molecule has 6 fully saturated rings. The van der Waals surface area contributed by atoms with Crippen molar-refractivity contribution in [3.05, 3.63) is 71.8 Å². The van der Waals surface area contributed by atoms with E-state index >= 15 is 0 Å². The number of rotatable bonds is 13. The molecule has 0 aromatic heterocycles. The van der Waals surface area contributed by atoms with Gasteiger partial charge in [-0.3, -0.25) is 9.59 Å². The molecule has 2 aromatic carbocycles. The van der Waals surface area contributed by atoms with Gasteiger partial charge in [0.2, 0.25) is 11.8 Å². The Kier molecular flexibility index (Phi) is 11.7. The fourth-order valence-corrected chi connectivity index (χ4v) is 9.18. The van der Waals surface area contributed by atoms with Gasteiger partial charge in [0.1, 0.15) is 12.1 Å². The molecule has 0 spiro atoms. The maximum absolute atomic E-state index is 14.1. The fourth-order valence-electron chi connectivity index (χ4n) is 9.18. The van der Waals surface area contributed by atoms with E-state index in [1.165, 1.54) is 14.2 Å². The maximum Gasteiger partial charge on any atom is 0.328 e. The van der Waals surface area contributed by atoms with Gasteiger partial charge in [0, 0.05) is 25.3 Å². The minimum Gasteiger partial charge on any atom is -0.467 e. The minimum absolute atomic E-state index is 0.00374. The molecule has 0 saturated carbocycles. The van der Waals surface area contributed by atoms with Crippen molar-refractivity contribution in [3.63, 3.8) is 0 Å². The van der Waals surface area contributed by atoms with Crippen molar-refractivity contribution >= 4 is 23.8 Å². The third-order valence-electron chi connectivity index (χ3n) is 11.9. The summed E-state index contributed by atoms with van der Waals surface area (Å²) >= 11 is 0. The first-order valence-electron chi connectivity index (χ1n) is 18.1. The molecule has 10 nitrogen and oxygen atoms in total. The van der Waals surface area contributed by atoms with Crippen LogP contribution in [0, 0.1) is 23.7 Å². The van der Waals surface area contributed by atoms with Crippen molar-refractivity contribution in [3.8, 4) is 0 Å². The fraction of sp³-hybridized carbons (Fsp3) is 0.590. The molecule has 2 aromatic rings. The molecule has 2 N–H and O–H groups in total. The highest BCUT2D eigenvalue weighted by Crippen LogP contribution is 2.40. The van der Waals surface area contributed by atoms with Crippen LogP contribution in [-0.4, -0.2) is 99.1 Å². The number of benzene rings is 2. The van der Waals surface area contributed by atoms with E-state index in [4.69, 9.17) is 9.47 Å². The SMILES string of the molecule is COC(=O)C(NC(=O)CC(c1ccccc1)C(CC(=O)NC(C(=O)OC)[C@H]1CN2CCC1CC2)c1ccccc1)[C@H]1CCN2CCC1CC2. The van der Waals surface area contributed by atoms with Crippen LogP contribution in [0.5, 0.6) is 0 Å². The Bertz CT molecular complexity index is 1420. The van der Waals surface area contributed by atoms with Gasteiger partial charge in [-0.25, -0.2) is 9.59 Å². The smallest absolute Gasteiger partial charge is 0.328 e. The van der Waals surface area contributed by atoms with Gasteiger partial charge in [0.25, 0.3) is 0 Å². The van der Waals surface area contributed by atoms with Crippen LogP contribution in [0.4, 0.5) is 0 Å². The molecule has 8 rings (SSSR count). The monoisotopic (exact) mass is 672 g/mol. The number of amides is 2. The van der Waals surface area contributed by atoms with Crippen molar-refractivity contribution in [1.82, 2.24) is 20.4 Å². The molecule has 10 heteroatoms. The molecular weight excluding hydrogens is 620 g/mol. The second-order valence-corrected chi connectivity index (χ2v) is 14.5. The summed E-state index contributed by atoms with van der Waals surface area (Å²) in [5.41, 5.74) is 1.85. The predicted molar refractivity (Wildman–Crippen MR) is 185 cm³/mol. The first-order valence-corrected chi connectivity index (χ1v) is 18.1. The Morgan fingerprint density at radius 3 is 1.45 bits per heavy atom. The van der Waals surface area contributed by atoms with Crippen LogP contribution in [0.15, 0.2) is 60.7 Å². The molecule has 4 bridgehead atoms. The van der Waals surface area contributed by atoms with Gasteiger partial charge in [0.15, 0.2) is 0 Å². The highest BCUT2D eigenvalue weighted by molar-refractivity contribution is 5.86. The molecule has 6 aliphatic heterocycles. The summed E-state index contributed by atoms with van der Waals surface area (Å²) in [6, 6.07) is 18.2. The average molecular weight is 673 g/mol. The van der Waals surface area contributed by atoms with E-state index in [-0.39, 0.29) is 48.3 Å². The number of nitrogens with one attached hydrogen (secondary N) is 2. The molecule has 264 valence electrons. The van der Waals surface area contributed by atoms with Gasteiger partial charge >= 0.3 is 11.9 Å². The van der Waals surface area contributed by atoms with Crippen molar-refractivity contribution in [2.75, 3.05) is 53.5 Å². The van der Waals surface area contributed by atoms with Crippen molar-refractivity contribution in [2.24, 2.45) is 23.7 Å². The topological polar surface area (TPSA) is 117 Å². The van der Waals surface area contributed by atoms with Gasteiger partial charge in [-0.05, 0) is 106 Å². The van der Waals surface area contributed by atoms with Crippen LogP contribution in [0.3, 0.4) is 0 Å². The van der Waals surface area contributed by atoms with Crippen LogP contribution in [0.25, 0.3) is 0 Å². The Hall–Kier alpha value is -3.76. The standard InChI is InChI=1S/C39H52N4O6/c1-48-38(46)36(30-17-22-42-18-13-28(30)14-19-42)40-34(44)23-31(26-9-5-3-6-10-26)32(27-11-7-4-8-12-27)24-35(45)41-37(39(47)49-2)33-25-43-20-15-29(33)16-21-43/h3-12,28-33,36-37H,13-25H2,1-2H3,(H,40,44)(H,41,45)/t30-,31?,32?,33-,36?,37?/m0/s1. The lowest BCUT2D eigenvalue weighted by molar-refractivity contribution is -0.149. The number of piperidine rings is 4. The third-order valence-corrected chi connectivity index (χ3v) is 11.9. The maximum atomic E-state index is 14.1. The zero-order valence-electron chi connectivity index (χ0n) is 28.9. The number of fused-ring (bicyclic) bond motifs is 7. The molecule has 6 aliphatic rings. The summed E-state index contributed by atoms with van der Waals surface area (Å²) in [7, 11) is 2.76. The summed E-state index contributed by atoms with van der Waals surface area (Å²) in [6.45, 7) is 5.77. The van der Waals surface area contributed by atoms with E-state index in [1.807, 2.05) is 60.7 Å². The summed E-state index contributed by atoms with van der Waals surface area (Å²) in [6.07, 6.45) is 5.04. The number of methoxy groups -OCH3 is 2. The van der Waals surface area contributed by atoms with Gasteiger partial charge < -0.3 is 29.9 Å². The second-order valence-electron chi connectivity index (χ2n) is 14.5. The lowest BCUT2D eigenvalue weighted by Crippen LogP contribution is -2.58. The number of nitrogens with zero attached hydrogens (tertiary/aromatic N) is 2. The molecular formula is C39H52N4O6. The zero-order chi connectivity index (χ0) is 34.3. The predicted octanol–water partition coefficient (Wildman–Crippen LogP) is 3.72. The van der Waals surface area contributed by atoms with Crippen LogP contribution >= 0.6 is 0 Å². The van der Waals surface area contributed by atoms with E-state index in [9.17, 15) is 19.2 Å². The first-order chi connectivity index (χ1) is 23.8. The lowest BCUT2D eigenvalue weighted by atomic mass is 9.74. The third kappa shape index (κ3) is 8.35. The highest BCUT2D eigenvalue weighted by atomic mass is 16.5. The summed E-state index contributed by atoms with van der Waals surface area (Å²) in [5, 5.41) is 6.22. The summed E-state index contributed by atoms with van der Waals surface area (Å²) in [5.74, 6) is -1.35. The molecule has 6 saturated heterocycles. The normalized spacial score (nSPS) is 28.3. The number of carbonyl (C=O) groups is 4. The van der Waals surface area contributed by atoms with Crippen LogP contribution in [0.1, 0.15) is 67.9 Å². The van der Waals surface area contributed by atoms with E-state index in [1.54, 1.807) is 0 Å². The minimum atomic E-state index is -0.729. The molecule has 6 heterocycles. The largest absolute Gasteiger partial charge is 0.467 e. The van der Waals surface area contributed by atoms with Crippen LogP contribution in [-0.2, 0) is 28.7 Å². The van der Waals surface area contributed by atoms with E-state index in [2.05, 4.69) is 20.4 Å². The van der Waals surface area contributed by atoms with E-state index < -0.39 is 24.0 Å². The lowest BCUT2D eigenvalue weighted by Gasteiger charge is -2.47. The molecule has 2 amide bonds. The number of esters is 2. The second kappa shape index (κ2) is 16.3. The number of carbonyl (C=O) groups excluding carboxylic acids is 4. The Morgan fingerprint density at radius 1 is 0.612 bits per heavy atom. The molecule has 0 radical (unpaired) electrons. The quantitative estimate of drug-likeness (QED) is 0.310. The van der Waals surface area contributed by atoms with Crippen LogP contribution in [0.2, 0.25) is 0 Å². The highest BCUT2D eigenvalue weighted by Gasteiger charge is 2.44. The van der Waals surface area contributed by atoms with Crippen molar-refractivity contribution in [1.29, 1.82) is 0 Å². The van der Waals surface area contributed by atoms with Gasteiger partial charge in [0.05, 0.1) is 14.2 Å². The summed E-state index contributed by atoms with van der Waals surface area (Å²) in [4.78, 5) is 59.3. The van der Waals surface area contributed by atoms with Crippen molar-refractivity contribution in [2.45, 2.75) is 68.9 Å². The van der Waals surface area contributed by atoms with Gasteiger partial charge in [-0.15, -0.1) is 0 Å². The van der Waals surface area contributed by atoms with Gasteiger partial charge in [-0.1, -0.05) is 60.7 Å². The molecule has 0 aliphatic carbocycles. The number of hydrogen-bond donors (Lipinski definition) is 2. The first kappa shape index (κ1) is 35.1. The van der Waals surface area contributed by atoms with Gasteiger partial charge in [-0.2, -0.15) is 0 Å². The Labute approximate surface area is 290 Å². The average Bonchev–Trinajstić information content (AvgIpc) is 3.48. The Morgan fingerprint density at radius 2 is 1.02 bits per heavy atom. The van der Waals surface area contributed by atoms with E-state index in [0.717, 1.165) is 82.5 Å². The van der Waals surface area contributed by atoms with E-state index in [0.29, 0.717) is 11.8 Å². The van der Waals surface area contributed by atoms with Crippen LogP contribution < -0.4 is 10.6 Å². The molecule has 49 heavy (non-hydrogen) atoms. The Balaban J connectivity index is 1.25. The number of ether oxygens (including phenoxy) is 2. The summed E-state index contributed by atoms with van der Waals surface area (Å²) < 4.78 is 10.5.